The van der Waals surface area contributed by atoms with Gasteiger partial charge in [-0.2, -0.15) is 4.39 Å². The molecule has 1 saturated heterocycles. The number of anilines is 1. The fourth-order valence-electron chi connectivity index (χ4n) is 2.19. The van der Waals surface area contributed by atoms with Gasteiger partial charge in [0, 0.05) is 19.0 Å². The lowest BCUT2D eigenvalue weighted by Gasteiger charge is -2.34. The minimum Gasteiger partial charge on any atom is -0.393 e. The summed E-state index contributed by atoms with van der Waals surface area (Å²) >= 11 is 0. The van der Waals surface area contributed by atoms with Gasteiger partial charge in [-0.1, -0.05) is 6.07 Å². The lowest BCUT2D eigenvalue weighted by atomic mass is 9.93. The summed E-state index contributed by atoms with van der Waals surface area (Å²) in [7, 11) is 0. The van der Waals surface area contributed by atoms with E-state index in [1.54, 1.807) is 6.07 Å². The van der Waals surface area contributed by atoms with Gasteiger partial charge in [0.1, 0.15) is 5.82 Å². The first kappa shape index (κ1) is 11.3. The summed E-state index contributed by atoms with van der Waals surface area (Å²) in [6.07, 6.45) is 1.74. The molecule has 2 atom stereocenters. The number of halogens is 1. The molecule has 16 heavy (non-hydrogen) atoms. The van der Waals surface area contributed by atoms with Crippen molar-refractivity contribution >= 4 is 5.82 Å². The van der Waals surface area contributed by atoms with Crippen molar-refractivity contribution < 1.29 is 9.50 Å². The molecule has 1 aromatic rings. The SMILES string of the molecule is CC(O)C1CCCN(c2cccc(F)n2)C1. The van der Waals surface area contributed by atoms with Crippen molar-refractivity contribution in [2.24, 2.45) is 5.92 Å². The Bertz CT molecular complexity index is 357. The van der Waals surface area contributed by atoms with E-state index in [9.17, 15) is 9.50 Å². The predicted octanol–water partition coefficient (Wildman–Crippen LogP) is 1.82. The standard InChI is InChI=1S/C12H17FN2O/c1-9(16)10-4-3-7-15(8-10)12-6-2-5-11(13)14-12/h2,5-6,9-10,16H,3-4,7-8H2,1H3. The zero-order valence-electron chi connectivity index (χ0n) is 9.43. The number of nitrogens with zero attached hydrogens (tertiary/aromatic N) is 2. The Morgan fingerprint density at radius 2 is 2.38 bits per heavy atom. The van der Waals surface area contributed by atoms with Gasteiger partial charge in [0.15, 0.2) is 0 Å². The third kappa shape index (κ3) is 2.50. The summed E-state index contributed by atoms with van der Waals surface area (Å²) in [6, 6.07) is 4.83. The number of hydrogen-bond acceptors (Lipinski definition) is 3. The molecular weight excluding hydrogens is 207 g/mol. The first-order valence-electron chi connectivity index (χ1n) is 5.72. The number of pyridine rings is 1. The second-order valence-corrected chi connectivity index (χ2v) is 4.41. The molecule has 2 rings (SSSR count). The Kier molecular flexibility index (Phi) is 3.39. The van der Waals surface area contributed by atoms with E-state index in [2.05, 4.69) is 4.98 Å². The molecule has 4 heteroatoms. The van der Waals surface area contributed by atoms with Crippen molar-refractivity contribution in [2.45, 2.75) is 25.9 Å². The zero-order valence-corrected chi connectivity index (χ0v) is 9.43. The van der Waals surface area contributed by atoms with Crippen LogP contribution in [0.1, 0.15) is 19.8 Å². The summed E-state index contributed by atoms with van der Waals surface area (Å²) in [5.74, 6) is 0.487. The molecule has 3 nitrogen and oxygen atoms in total. The number of hydrogen-bond donors (Lipinski definition) is 1. The average Bonchev–Trinajstić information content (AvgIpc) is 2.29. The maximum Gasteiger partial charge on any atom is 0.214 e. The molecule has 1 aliphatic heterocycles. The number of aliphatic hydroxyl groups is 1. The maximum atomic E-state index is 13.0. The van der Waals surface area contributed by atoms with Crippen LogP contribution in [0.5, 0.6) is 0 Å². The second kappa shape index (κ2) is 4.78. The molecule has 0 saturated carbocycles. The molecule has 0 bridgehead atoms. The number of aromatic nitrogens is 1. The Morgan fingerprint density at radius 1 is 1.56 bits per heavy atom. The van der Waals surface area contributed by atoms with Gasteiger partial charge < -0.3 is 10.0 Å². The Balaban J connectivity index is 2.09. The highest BCUT2D eigenvalue weighted by molar-refractivity contribution is 5.38. The fraction of sp³-hybridized carbons (Fsp3) is 0.583. The van der Waals surface area contributed by atoms with Crippen molar-refractivity contribution in [3.05, 3.63) is 24.1 Å². The third-order valence-electron chi connectivity index (χ3n) is 3.16. The van der Waals surface area contributed by atoms with Crippen molar-refractivity contribution in [2.75, 3.05) is 18.0 Å². The molecule has 1 N–H and O–H groups in total. The van der Waals surface area contributed by atoms with Crippen LogP contribution in [-0.4, -0.2) is 29.3 Å². The average molecular weight is 224 g/mol. The van der Waals surface area contributed by atoms with Crippen molar-refractivity contribution in [3.8, 4) is 0 Å². The lowest BCUT2D eigenvalue weighted by molar-refractivity contribution is 0.115. The molecule has 0 amide bonds. The van der Waals surface area contributed by atoms with Crippen molar-refractivity contribution in [3.63, 3.8) is 0 Å². The molecular formula is C12H17FN2O. The van der Waals surface area contributed by atoms with Gasteiger partial charge in [0.2, 0.25) is 5.95 Å². The molecule has 0 aromatic carbocycles. The van der Waals surface area contributed by atoms with Crippen LogP contribution in [0.25, 0.3) is 0 Å². The van der Waals surface area contributed by atoms with E-state index in [-0.39, 0.29) is 12.0 Å². The van der Waals surface area contributed by atoms with E-state index in [0.29, 0.717) is 5.82 Å². The minimum absolute atomic E-state index is 0.263. The molecule has 2 heterocycles. The first-order valence-corrected chi connectivity index (χ1v) is 5.72. The van der Waals surface area contributed by atoms with Crippen LogP contribution >= 0.6 is 0 Å². The van der Waals surface area contributed by atoms with Crippen LogP contribution in [0.4, 0.5) is 10.2 Å². The molecule has 1 fully saturated rings. The fourth-order valence-corrected chi connectivity index (χ4v) is 2.19. The number of piperidine rings is 1. The van der Waals surface area contributed by atoms with Crippen LogP contribution in [0.2, 0.25) is 0 Å². The predicted molar refractivity (Wildman–Crippen MR) is 60.8 cm³/mol. The summed E-state index contributed by atoms with van der Waals surface area (Å²) in [5.41, 5.74) is 0. The summed E-state index contributed by atoms with van der Waals surface area (Å²) in [5, 5.41) is 9.58. The Hall–Kier alpha value is -1.16. The monoisotopic (exact) mass is 224 g/mol. The topological polar surface area (TPSA) is 36.4 Å². The van der Waals surface area contributed by atoms with Gasteiger partial charge in [0.25, 0.3) is 0 Å². The number of rotatable bonds is 2. The molecule has 2 unspecified atom stereocenters. The summed E-state index contributed by atoms with van der Waals surface area (Å²) in [4.78, 5) is 5.91. The van der Waals surface area contributed by atoms with E-state index in [1.807, 2.05) is 17.9 Å². The van der Waals surface area contributed by atoms with Gasteiger partial charge in [0.05, 0.1) is 6.10 Å². The zero-order chi connectivity index (χ0) is 11.5. The quantitative estimate of drug-likeness (QED) is 0.778. The smallest absolute Gasteiger partial charge is 0.214 e. The van der Waals surface area contributed by atoms with Crippen LogP contribution in [0.3, 0.4) is 0 Å². The van der Waals surface area contributed by atoms with E-state index in [1.165, 1.54) is 6.07 Å². The van der Waals surface area contributed by atoms with E-state index in [4.69, 9.17) is 0 Å². The molecule has 0 spiro atoms. The van der Waals surface area contributed by atoms with Gasteiger partial charge in [-0.05, 0) is 31.9 Å². The highest BCUT2D eigenvalue weighted by Gasteiger charge is 2.24. The molecule has 0 radical (unpaired) electrons. The highest BCUT2D eigenvalue weighted by atomic mass is 19.1. The summed E-state index contributed by atoms with van der Waals surface area (Å²) in [6.45, 7) is 3.46. The molecule has 1 aromatic heterocycles. The van der Waals surface area contributed by atoms with Gasteiger partial charge in [-0.25, -0.2) is 4.98 Å². The van der Waals surface area contributed by atoms with Crippen LogP contribution in [0.15, 0.2) is 18.2 Å². The largest absolute Gasteiger partial charge is 0.393 e. The highest BCUT2D eigenvalue weighted by Crippen LogP contribution is 2.23. The molecule has 88 valence electrons. The maximum absolute atomic E-state index is 13.0. The van der Waals surface area contributed by atoms with Gasteiger partial charge in [-0.15, -0.1) is 0 Å². The van der Waals surface area contributed by atoms with E-state index < -0.39 is 5.95 Å². The van der Waals surface area contributed by atoms with Crippen molar-refractivity contribution in [1.82, 2.24) is 4.98 Å². The second-order valence-electron chi connectivity index (χ2n) is 4.41. The third-order valence-corrected chi connectivity index (χ3v) is 3.16. The van der Waals surface area contributed by atoms with Crippen LogP contribution < -0.4 is 4.90 Å². The van der Waals surface area contributed by atoms with E-state index in [0.717, 1.165) is 25.9 Å². The summed E-state index contributed by atoms with van der Waals surface area (Å²) < 4.78 is 13.0. The Morgan fingerprint density at radius 3 is 3.06 bits per heavy atom. The molecule has 1 aliphatic rings. The molecule has 0 aliphatic carbocycles. The van der Waals surface area contributed by atoms with Crippen molar-refractivity contribution in [1.29, 1.82) is 0 Å². The van der Waals surface area contributed by atoms with Gasteiger partial charge in [-0.3, -0.25) is 0 Å². The van der Waals surface area contributed by atoms with Gasteiger partial charge >= 0.3 is 0 Å². The van der Waals surface area contributed by atoms with E-state index >= 15 is 0 Å². The van der Waals surface area contributed by atoms with Crippen LogP contribution in [0, 0.1) is 11.9 Å². The number of aliphatic hydroxyl groups excluding tert-OH is 1. The first-order chi connectivity index (χ1) is 7.66. The minimum atomic E-state index is -0.448. The normalized spacial score (nSPS) is 23.2. The van der Waals surface area contributed by atoms with Crippen LogP contribution in [-0.2, 0) is 0 Å². The Labute approximate surface area is 94.9 Å². The lowest BCUT2D eigenvalue weighted by Crippen LogP contribution is -2.40.